The highest BCUT2D eigenvalue weighted by Gasteiger charge is 2.51. The molecule has 11 heteroatoms. The number of pyridine rings is 1. The second kappa shape index (κ2) is 9.54. The van der Waals surface area contributed by atoms with E-state index in [9.17, 15) is 18.0 Å². The Morgan fingerprint density at radius 1 is 1.27 bits per heavy atom. The number of halogens is 3. The third kappa shape index (κ3) is 5.05. The number of alkyl halides is 3. The number of carbonyl (C=O) groups is 1. The fraction of sp³-hybridized carbons (Fsp3) is 0.455. The van der Waals surface area contributed by atoms with Crippen LogP contribution in [0.2, 0.25) is 0 Å². The molecular formula is C22H23F3N2O6. The van der Waals surface area contributed by atoms with Gasteiger partial charge in [-0.3, -0.25) is 9.53 Å². The molecule has 2 aliphatic heterocycles. The van der Waals surface area contributed by atoms with Crippen LogP contribution in [0, 0.1) is 0 Å². The highest BCUT2D eigenvalue weighted by atomic mass is 19.4. The smallest absolute Gasteiger partial charge is 0.486 e. The van der Waals surface area contributed by atoms with Gasteiger partial charge in [0.25, 0.3) is 11.8 Å². The summed E-state index contributed by atoms with van der Waals surface area (Å²) in [6.07, 6.45) is -5.22. The molecule has 3 heterocycles. The molecular weight excluding hydrogens is 445 g/mol. The number of hydrogen-bond donors (Lipinski definition) is 0. The number of amides is 1. The number of carbonyl (C=O) groups excluding carboxylic acids is 1. The van der Waals surface area contributed by atoms with Gasteiger partial charge in [-0.15, -0.1) is 13.2 Å². The molecule has 0 aliphatic carbocycles. The minimum absolute atomic E-state index is 0.0230. The maximum Gasteiger partial charge on any atom is 0.522 e. The molecule has 1 aromatic carbocycles. The number of nitrogens with zero attached hydrogens (tertiary/aromatic N) is 2. The summed E-state index contributed by atoms with van der Waals surface area (Å²) in [5.41, 5.74) is -0.257. The summed E-state index contributed by atoms with van der Waals surface area (Å²) >= 11 is 0. The van der Waals surface area contributed by atoms with E-state index in [4.69, 9.17) is 21.7 Å². The number of ether oxygens (including phenoxy) is 5. The van der Waals surface area contributed by atoms with Gasteiger partial charge >= 0.3 is 6.36 Å². The van der Waals surface area contributed by atoms with Crippen molar-refractivity contribution in [3.05, 3.63) is 53.7 Å². The molecule has 1 amide bonds. The van der Waals surface area contributed by atoms with Gasteiger partial charge in [0.15, 0.2) is 5.75 Å². The van der Waals surface area contributed by atoms with Crippen molar-refractivity contribution in [2.75, 3.05) is 40.2 Å². The van der Waals surface area contributed by atoms with Crippen LogP contribution in [0.1, 0.15) is 25.2 Å². The molecule has 33 heavy (non-hydrogen) atoms. The predicted octanol–water partition coefficient (Wildman–Crippen LogP) is 3.12. The molecule has 8 nitrogen and oxygen atoms in total. The Morgan fingerprint density at radius 2 is 2.06 bits per heavy atom. The maximum absolute atomic E-state index is 13.2. The molecule has 2 aromatic rings. The van der Waals surface area contributed by atoms with Gasteiger partial charge in [0, 0.05) is 13.0 Å². The molecule has 0 N–H and O–H groups in total. The third-order valence-corrected chi connectivity index (χ3v) is 5.47. The van der Waals surface area contributed by atoms with Crippen molar-refractivity contribution in [3.8, 4) is 11.6 Å². The first-order valence-corrected chi connectivity index (χ1v) is 10.1. The lowest BCUT2D eigenvalue weighted by molar-refractivity contribution is -0.325. The number of fused-ring (bicyclic) bond motifs is 1. The predicted molar refractivity (Wildman–Crippen MR) is 108 cm³/mol. The molecule has 2 fully saturated rings. The first-order chi connectivity index (χ1) is 16.5. The number of benzene rings is 1. The van der Waals surface area contributed by atoms with Crippen molar-refractivity contribution in [2.24, 2.45) is 0 Å². The zero-order valence-electron chi connectivity index (χ0n) is 19.6. The fourth-order valence-corrected chi connectivity index (χ4v) is 3.87. The molecule has 0 radical (unpaired) electrons. The second-order valence-electron chi connectivity index (χ2n) is 7.40. The lowest BCUT2D eigenvalue weighted by atomic mass is 9.82. The largest absolute Gasteiger partial charge is 0.522 e. The number of likely N-dealkylation sites (tertiary alicyclic amines) is 1. The molecule has 0 saturated carbocycles. The SMILES string of the molecule is [2H]C1([2H])O[C@@H]2CN(C(=O)c3ccc(OCCOC(F)(F)F)c(OC)n3)CC[C@]2(c2ccccc2)O1. The average Bonchev–Trinajstić information content (AvgIpc) is 3.11. The van der Waals surface area contributed by atoms with Gasteiger partial charge in [-0.25, -0.2) is 4.98 Å². The van der Waals surface area contributed by atoms with E-state index in [1.807, 2.05) is 30.3 Å². The summed E-state index contributed by atoms with van der Waals surface area (Å²) in [5.74, 6) is -0.472. The van der Waals surface area contributed by atoms with Gasteiger partial charge in [-0.05, 0) is 17.7 Å². The van der Waals surface area contributed by atoms with Crippen LogP contribution in [0.3, 0.4) is 0 Å². The summed E-state index contributed by atoms with van der Waals surface area (Å²) in [6.45, 7) is -3.12. The van der Waals surface area contributed by atoms with Crippen LogP contribution >= 0.6 is 0 Å². The van der Waals surface area contributed by atoms with Crippen LogP contribution in [0.5, 0.6) is 11.6 Å². The Balaban J connectivity index is 1.46. The van der Waals surface area contributed by atoms with Crippen molar-refractivity contribution >= 4 is 5.91 Å². The summed E-state index contributed by atoms with van der Waals surface area (Å²) in [4.78, 5) is 18.8. The number of methoxy groups -OCH3 is 1. The Kier molecular flexibility index (Phi) is 5.98. The Hall–Kier alpha value is -2.89. The van der Waals surface area contributed by atoms with Crippen LogP contribution in [0.15, 0.2) is 42.5 Å². The number of aromatic nitrogens is 1. The van der Waals surface area contributed by atoms with Crippen molar-refractivity contribution in [3.63, 3.8) is 0 Å². The Bertz CT molecular complexity index is 1060. The molecule has 4 rings (SSSR count). The zero-order valence-corrected chi connectivity index (χ0v) is 17.6. The number of hydrogen-bond acceptors (Lipinski definition) is 7. The number of piperidine rings is 1. The summed E-state index contributed by atoms with van der Waals surface area (Å²) < 4.78 is 77.5. The van der Waals surface area contributed by atoms with Gasteiger partial charge in [0.05, 0.1) is 23.0 Å². The van der Waals surface area contributed by atoms with Crippen LogP contribution in [0.4, 0.5) is 13.2 Å². The van der Waals surface area contributed by atoms with Crippen LogP contribution in [-0.4, -0.2) is 68.4 Å². The lowest BCUT2D eigenvalue weighted by Crippen LogP contribution is -2.53. The molecule has 2 atom stereocenters. The monoisotopic (exact) mass is 470 g/mol. The van der Waals surface area contributed by atoms with Gasteiger partial charge in [0.1, 0.15) is 30.8 Å². The topological polar surface area (TPSA) is 79.4 Å². The van der Waals surface area contributed by atoms with E-state index in [0.717, 1.165) is 5.56 Å². The van der Waals surface area contributed by atoms with E-state index in [1.165, 1.54) is 24.1 Å². The van der Waals surface area contributed by atoms with Gasteiger partial charge in [0.2, 0.25) is 0 Å². The van der Waals surface area contributed by atoms with Crippen molar-refractivity contribution in [1.29, 1.82) is 0 Å². The third-order valence-electron chi connectivity index (χ3n) is 5.47. The van der Waals surface area contributed by atoms with E-state index < -0.39 is 43.9 Å². The maximum atomic E-state index is 13.2. The van der Waals surface area contributed by atoms with Gasteiger partial charge in [-0.1, -0.05) is 30.3 Å². The van der Waals surface area contributed by atoms with Gasteiger partial charge in [-0.2, -0.15) is 0 Å². The van der Waals surface area contributed by atoms with Crippen molar-refractivity contribution in [1.82, 2.24) is 9.88 Å². The Labute approximate surface area is 191 Å². The van der Waals surface area contributed by atoms with E-state index >= 15 is 0 Å². The molecule has 0 unspecified atom stereocenters. The van der Waals surface area contributed by atoms with Gasteiger partial charge < -0.3 is 23.8 Å². The first-order valence-electron chi connectivity index (χ1n) is 11.1. The standard InChI is InChI=1S/C22H23F3N2O6/c1-29-19-17(30-11-12-32-22(23,24)25)8-7-16(26-19)20(28)27-10-9-21(15-5-3-2-4-6-15)18(13-27)31-14-33-21/h2-8,18H,9-14H2,1H3/t18-,21-/m1/s1/i14D2. The van der Waals surface area contributed by atoms with E-state index in [2.05, 4.69) is 9.72 Å². The molecule has 2 aliphatic rings. The van der Waals surface area contributed by atoms with Crippen molar-refractivity contribution in [2.45, 2.75) is 24.5 Å². The fourth-order valence-electron chi connectivity index (χ4n) is 3.87. The van der Waals surface area contributed by atoms with Crippen LogP contribution in [0.25, 0.3) is 0 Å². The summed E-state index contributed by atoms with van der Waals surface area (Å²) in [7, 11) is 1.29. The van der Waals surface area contributed by atoms with Crippen molar-refractivity contribution < 1.29 is 44.4 Å². The van der Waals surface area contributed by atoms with Crippen LogP contribution in [-0.2, 0) is 19.8 Å². The first kappa shape index (κ1) is 20.7. The minimum atomic E-state index is -4.76. The zero-order chi connectivity index (χ0) is 25.3. The van der Waals surface area contributed by atoms with Crippen LogP contribution < -0.4 is 9.47 Å². The minimum Gasteiger partial charge on any atom is -0.486 e. The molecule has 2 saturated heterocycles. The highest BCUT2D eigenvalue weighted by Crippen LogP contribution is 2.42. The second-order valence-corrected chi connectivity index (χ2v) is 7.40. The molecule has 0 bridgehead atoms. The number of rotatable bonds is 7. The lowest BCUT2D eigenvalue weighted by Gasteiger charge is -2.41. The summed E-state index contributed by atoms with van der Waals surface area (Å²) in [5, 5.41) is 0. The highest BCUT2D eigenvalue weighted by molar-refractivity contribution is 5.92. The van der Waals surface area contributed by atoms with E-state index in [0.29, 0.717) is 6.42 Å². The average molecular weight is 470 g/mol. The Morgan fingerprint density at radius 3 is 2.79 bits per heavy atom. The molecule has 1 aromatic heterocycles. The van der Waals surface area contributed by atoms with E-state index in [-0.39, 0.29) is 30.4 Å². The quantitative estimate of drug-likeness (QED) is 0.576. The normalized spacial score (nSPS) is 25.1. The molecule has 178 valence electrons. The summed E-state index contributed by atoms with van der Waals surface area (Å²) in [6, 6.07) is 11.9. The molecule has 0 spiro atoms. The van der Waals surface area contributed by atoms with E-state index in [1.54, 1.807) is 0 Å².